The fourth-order valence-electron chi connectivity index (χ4n) is 8.60. The second-order valence-corrected chi connectivity index (χ2v) is 13.7. The van der Waals surface area contributed by atoms with Crippen molar-refractivity contribution in [1.29, 1.82) is 0 Å². The van der Waals surface area contributed by atoms with Crippen molar-refractivity contribution in [1.82, 2.24) is 0 Å². The molecule has 0 aliphatic heterocycles. The Bertz CT molecular complexity index is 2470. The molecular formula is C51H35N. The van der Waals surface area contributed by atoms with E-state index in [4.69, 9.17) is 0 Å². The number of hydrogen-bond donors (Lipinski definition) is 0. The molecule has 2 aliphatic carbocycles. The predicted octanol–water partition coefficient (Wildman–Crippen LogP) is 13.3. The van der Waals surface area contributed by atoms with E-state index in [9.17, 15) is 0 Å². The van der Waals surface area contributed by atoms with E-state index in [2.05, 4.69) is 217 Å². The zero-order chi connectivity index (χ0) is 34.5. The summed E-state index contributed by atoms with van der Waals surface area (Å²) in [5.74, 6) is 0. The molecule has 8 aromatic carbocycles. The molecule has 0 atom stereocenters. The van der Waals surface area contributed by atoms with E-state index in [0.29, 0.717) is 0 Å². The summed E-state index contributed by atoms with van der Waals surface area (Å²) in [6.07, 6.45) is 4.58. The summed E-state index contributed by atoms with van der Waals surface area (Å²) in [6.45, 7) is 0. The first-order chi connectivity index (χ1) is 25.8. The number of anilines is 3. The van der Waals surface area contributed by atoms with Gasteiger partial charge in [0.1, 0.15) is 0 Å². The van der Waals surface area contributed by atoms with E-state index in [1.165, 1.54) is 66.8 Å². The van der Waals surface area contributed by atoms with Crippen molar-refractivity contribution in [3.63, 3.8) is 0 Å². The van der Waals surface area contributed by atoms with Gasteiger partial charge in [0.2, 0.25) is 0 Å². The van der Waals surface area contributed by atoms with Crippen LogP contribution in [0, 0.1) is 0 Å². The van der Waals surface area contributed by atoms with Crippen LogP contribution in [0.4, 0.5) is 17.1 Å². The molecule has 0 bridgehead atoms. The third-order valence-electron chi connectivity index (χ3n) is 10.9. The SMILES string of the molecule is C1=Cc2ccccc2C2(c3ccccc31)c1ccccc1-c1cc(N(c3ccc(-c4ccccc4)cc3)c3ccc(-c4ccccc4)cc3)ccc12. The molecular weight excluding hydrogens is 627 g/mol. The summed E-state index contributed by atoms with van der Waals surface area (Å²) < 4.78 is 0. The average molecular weight is 662 g/mol. The van der Waals surface area contributed by atoms with Crippen molar-refractivity contribution in [2.24, 2.45) is 0 Å². The van der Waals surface area contributed by atoms with Crippen LogP contribution in [0.2, 0.25) is 0 Å². The van der Waals surface area contributed by atoms with Gasteiger partial charge in [-0.1, -0.05) is 176 Å². The third-order valence-corrected chi connectivity index (χ3v) is 10.9. The minimum absolute atomic E-state index is 0.444. The molecule has 1 nitrogen and oxygen atoms in total. The zero-order valence-electron chi connectivity index (χ0n) is 28.7. The maximum Gasteiger partial charge on any atom is 0.0725 e. The fourth-order valence-corrected chi connectivity index (χ4v) is 8.60. The predicted molar refractivity (Wildman–Crippen MR) is 218 cm³/mol. The molecule has 52 heavy (non-hydrogen) atoms. The molecule has 1 spiro atoms. The first-order valence-corrected chi connectivity index (χ1v) is 18.0. The molecule has 1 heteroatoms. The van der Waals surface area contributed by atoms with Crippen LogP contribution in [0.15, 0.2) is 200 Å². The topological polar surface area (TPSA) is 3.24 Å². The fraction of sp³-hybridized carbons (Fsp3) is 0.0196. The summed E-state index contributed by atoms with van der Waals surface area (Å²) in [5, 5.41) is 0. The Kier molecular flexibility index (Phi) is 7.11. The Morgan fingerprint density at radius 2 is 0.692 bits per heavy atom. The van der Waals surface area contributed by atoms with Gasteiger partial charge in [-0.05, 0) is 103 Å². The summed E-state index contributed by atoms with van der Waals surface area (Å²) in [7, 11) is 0. The van der Waals surface area contributed by atoms with Crippen molar-refractivity contribution in [2.75, 3.05) is 4.90 Å². The van der Waals surface area contributed by atoms with Gasteiger partial charge in [0.15, 0.2) is 0 Å². The molecule has 10 rings (SSSR count). The maximum atomic E-state index is 2.42. The summed E-state index contributed by atoms with van der Waals surface area (Å²) in [5.41, 5.74) is 18.1. The second kappa shape index (κ2) is 12.3. The molecule has 0 saturated heterocycles. The van der Waals surface area contributed by atoms with Crippen LogP contribution in [0.1, 0.15) is 33.4 Å². The van der Waals surface area contributed by atoms with Crippen LogP contribution in [-0.4, -0.2) is 0 Å². The van der Waals surface area contributed by atoms with Gasteiger partial charge in [-0.25, -0.2) is 0 Å². The molecule has 244 valence electrons. The van der Waals surface area contributed by atoms with E-state index in [-0.39, 0.29) is 0 Å². The Morgan fingerprint density at radius 3 is 1.23 bits per heavy atom. The maximum absolute atomic E-state index is 2.42. The lowest BCUT2D eigenvalue weighted by atomic mass is 9.66. The monoisotopic (exact) mass is 661 g/mol. The van der Waals surface area contributed by atoms with Gasteiger partial charge in [0.25, 0.3) is 0 Å². The third kappa shape index (κ3) is 4.71. The van der Waals surface area contributed by atoms with Crippen molar-refractivity contribution >= 4 is 29.2 Å². The molecule has 8 aromatic rings. The zero-order valence-corrected chi connectivity index (χ0v) is 28.7. The van der Waals surface area contributed by atoms with Crippen molar-refractivity contribution in [3.05, 3.63) is 234 Å². The van der Waals surface area contributed by atoms with E-state index < -0.39 is 5.41 Å². The minimum atomic E-state index is -0.444. The van der Waals surface area contributed by atoms with E-state index in [1.54, 1.807) is 0 Å². The minimum Gasteiger partial charge on any atom is -0.310 e. The van der Waals surface area contributed by atoms with Crippen molar-refractivity contribution in [2.45, 2.75) is 5.41 Å². The van der Waals surface area contributed by atoms with Gasteiger partial charge in [-0.2, -0.15) is 0 Å². The highest BCUT2D eigenvalue weighted by Gasteiger charge is 2.48. The first-order valence-electron chi connectivity index (χ1n) is 18.0. The van der Waals surface area contributed by atoms with Crippen LogP contribution in [-0.2, 0) is 5.41 Å². The molecule has 0 saturated carbocycles. The highest BCUT2D eigenvalue weighted by molar-refractivity contribution is 5.93. The molecule has 0 unspecified atom stereocenters. The summed E-state index contributed by atoms with van der Waals surface area (Å²) in [6, 6.07) is 73.2. The molecule has 2 aliphatic rings. The van der Waals surface area contributed by atoms with Crippen molar-refractivity contribution in [3.8, 4) is 33.4 Å². The molecule has 0 heterocycles. The molecule has 0 fully saturated rings. The van der Waals surface area contributed by atoms with Gasteiger partial charge in [0.05, 0.1) is 5.41 Å². The number of fused-ring (bicyclic) bond motifs is 9. The second-order valence-electron chi connectivity index (χ2n) is 13.7. The highest BCUT2D eigenvalue weighted by atomic mass is 15.1. The lowest BCUT2D eigenvalue weighted by molar-refractivity contribution is 0.766. The smallest absolute Gasteiger partial charge is 0.0725 e. The quantitative estimate of drug-likeness (QED) is 0.177. The molecule has 0 aromatic heterocycles. The summed E-state index contributed by atoms with van der Waals surface area (Å²) in [4.78, 5) is 2.40. The van der Waals surface area contributed by atoms with E-state index in [1.807, 2.05) is 0 Å². The number of rotatable bonds is 5. The summed E-state index contributed by atoms with van der Waals surface area (Å²) >= 11 is 0. The Hall–Kier alpha value is -6.70. The van der Waals surface area contributed by atoms with Crippen LogP contribution >= 0.6 is 0 Å². The molecule has 0 radical (unpaired) electrons. The largest absolute Gasteiger partial charge is 0.310 e. The number of hydrogen-bond acceptors (Lipinski definition) is 1. The lowest BCUT2D eigenvalue weighted by Gasteiger charge is -2.35. The van der Waals surface area contributed by atoms with E-state index >= 15 is 0 Å². The van der Waals surface area contributed by atoms with Gasteiger partial charge in [0, 0.05) is 17.1 Å². The first kappa shape index (κ1) is 30.2. The number of benzene rings is 8. The Morgan fingerprint density at radius 1 is 0.288 bits per heavy atom. The standard InChI is InChI=1S/C51H35N/c1-3-13-36(14-4-1)38-25-29-42(30-26-38)52(43-31-27-39(28-32-43)37-15-5-2-6-16-37)44-33-34-50-46(35-44)45-19-9-12-22-49(45)51(50)47-20-10-7-17-40(47)23-24-41-18-8-11-21-48(41)51/h1-35H. The van der Waals surface area contributed by atoms with Crippen LogP contribution in [0.25, 0.3) is 45.5 Å². The lowest BCUT2D eigenvalue weighted by Crippen LogP contribution is -2.29. The normalized spacial score (nSPS) is 13.1. The average Bonchev–Trinajstić information content (AvgIpc) is 3.42. The molecule has 0 N–H and O–H groups in total. The highest BCUT2D eigenvalue weighted by Crippen LogP contribution is 2.59. The van der Waals surface area contributed by atoms with Gasteiger partial charge >= 0.3 is 0 Å². The Balaban J connectivity index is 1.18. The van der Waals surface area contributed by atoms with Gasteiger partial charge < -0.3 is 4.90 Å². The van der Waals surface area contributed by atoms with Gasteiger partial charge in [-0.15, -0.1) is 0 Å². The van der Waals surface area contributed by atoms with Crippen LogP contribution in [0.3, 0.4) is 0 Å². The number of nitrogens with zero attached hydrogens (tertiary/aromatic N) is 1. The van der Waals surface area contributed by atoms with Gasteiger partial charge in [-0.3, -0.25) is 0 Å². The van der Waals surface area contributed by atoms with Crippen LogP contribution in [0.5, 0.6) is 0 Å². The Labute approximate surface area is 305 Å². The van der Waals surface area contributed by atoms with Crippen molar-refractivity contribution < 1.29 is 0 Å². The molecule has 0 amide bonds. The van der Waals surface area contributed by atoms with Crippen LogP contribution < -0.4 is 4.90 Å². The van der Waals surface area contributed by atoms with E-state index in [0.717, 1.165) is 17.1 Å².